The summed E-state index contributed by atoms with van der Waals surface area (Å²) in [5.41, 5.74) is 9.23. The van der Waals surface area contributed by atoms with Gasteiger partial charge in [-0.2, -0.15) is 4.57 Å². The molecule has 4 rings (SSSR count). The molecule has 1 aliphatic heterocycles. The zero-order chi connectivity index (χ0) is 26.3. The Morgan fingerprint density at radius 2 is 1.81 bits per heavy atom. The fraction of sp³-hybridized carbons (Fsp3) is 0.400. The molecule has 0 aliphatic carbocycles. The molecule has 0 atom stereocenters. The molecule has 2 heterocycles. The fourth-order valence-corrected chi connectivity index (χ4v) is 6.02. The van der Waals surface area contributed by atoms with Crippen LogP contribution in [0.25, 0.3) is 17.0 Å². The van der Waals surface area contributed by atoms with Crippen LogP contribution in [0.2, 0.25) is 0 Å². The number of nitrogens with zero attached hydrogens (tertiary/aromatic N) is 3. The average Bonchev–Trinajstić information content (AvgIpc) is 3.21. The number of anilines is 1. The van der Waals surface area contributed by atoms with Gasteiger partial charge in [0.25, 0.3) is 0 Å². The lowest BCUT2D eigenvalue weighted by molar-refractivity contribution is -0.892. The topological polar surface area (TPSA) is 62.2 Å². The number of amides is 1. The van der Waals surface area contributed by atoms with Gasteiger partial charge >= 0.3 is 0 Å². The standard InChI is InChI=1S/C30H40N5OS/c1-33-27-13-6-7-14-28(27)37-30(33)23-24-16-20-34(26-12-5-4-11-25(24)26)19-10-22-35(2,3)21-9-8-15-29(36)32-18-17-31/h4-7,11-14,16,20,23H,8-10,15,17-19,21-22,31H2,1-3H3/q+1/p+1. The number of quaternary nitrogens is 1. The van der Waals surface area contributed by atoms with Crippen molar-refractivity contribution in [2.75, 3.05) is 52.2 Å². The van der Waals surface area contributed by atoms with Gasteiger partial charge in [-0.15, -0.1) is 0 Å². The molecule has 1 aromatic heterocycles. The van der Waals surface area contributed by atoms with E-state index < -0.39 is 0 Å². The fourth-order valence-electron chi connectivity index (χ4n) is 4.92. The molecular weight excluding hydrogens is 478 g/mol. The van der Waals surface area contributed by atoms with Gasteiger partial charge in [0.1, 0.15) is 0 Å². The zero-order valence-corrected chi connectivity index (χ0v) is 23.3. The van der Waals surface area contributed by atoms with Crippen molar-refractivity contribution in [3.63, 3.8) is 0 Å². The van der Waals surface area contributed by atoms with Crippen LogP contribution < -0.4 is 20.5 Å². The highest BCUT2D eigenvalue weighted by molar-refractivity contribution is 8.03. The maximum atomic E-state index is 11.8. The number of hydrogen-bond donors (Lipinski definition) is 2. The first-order chi connectivity index (χ1) is 17.9. The summed E-state index contributed by atoms with van der Waals surface area (Å²) >= 11 is 1.83. The summed E-state index contributed by atoms with van der Waals surface area (Å²) in [6, 6.07) is 19.5. The lowest BCUT2D eigenvalue weighted by atomic mass is 10.1. The van der Waals surface area contributed by atoms with E-state index in [4.69, 9.17) is 5.73 Å². The first-order valence-corrected chi connectivity index (χ1v) is 14.1. The number of aryl methyl sites for hydroxylation is 1. The number of nitrogens with one attached hydrogen (secondary N) is 1. The SMILES string of the molecule is CN1/C(=C/c2cc[n+](CCC[N+](C)(C)CCCCC(=O)NCCN)c3ccccc23)Sc2ccccc21. The Morgan fingerprint density at radius 3 is 2.62 bits per heavy atom. The number of thioether (sulfide) groups is 1. The van der Waals surface area contributed by atoms with Crippen molar-refractivity contribution in [3.8, 4) is 0 Å². The number of pyridine rings is 1. The third-order valence-electron chi connectivity index (χ3n) is 7.06. The first-order valence-electron chi connectivity index (χ1n) is 13.3. The van der Waals surface area contributed by atoms with E-state index in [0.717, 1.165) is 43.4 Å². The number of unbranched alkanes of at least 4 members (excludes halogenated alkanes) is 1. The van der Waals surface area contributed by atoms with E-state index in [1.54, 1.807) is 0 Å². The van der Waals surface area contributed by atoms with Crippen molar-refractivity contribution in [1.82, 2.24) is 5.32 Å². The summed E-state index contributed by atoms with van der Waals surface area (Å²) in [5, 5.41) is 5.38. The Labute approximate surface area is 225 Å². The van der Waals surface area contributed by atoms with Crippen LogP contribution >= 0.6 is 11.8 Å². The molecule has 7 heteroatoms. The quantitative estimate of drug-likeness (QED) is 0.212. The summed E-state index contributed by atoms with van der Waals surface area (Å²) in [4.78, 5) is 15.4. The van der Waals surface area contributed by atoms with Crippen LogP contribution in [0, 0.1) is 0 Å². The van der Waals surface area contributed by atoms with Crippen LogP contribution in [0.4, 0.5) is 5.69 Å². The number of carbonyl (C=O) groups excluding carboxylic acids is 1. The molecule has 1 aliphatic rings. The highest BCUT2D eigenvalue weighted by Crippen LogP contribution is 2.45. The van der Waals surface area contributed by atoms with Gasteiger partial charge in [0.05, 0.1) is 49.7 Å². The summed E-state index contributed by atoms with van der Waals surface area (Å²) < 4.78 is 3.36. The van der Waals surface area contributed by atoms with E-state index in [9.17, 15) is 4.79 Å². The maximum absolute atomic E-state index is 11.8. The molecule has 0 unspecified atom stereocenters. The van der Waals surface area contributed by atoms with Gasteiger partial charge in [-0.1, -0.05) is 36.0 Å². The van der Waals surface area contributed by atoms with E-state index in [0.29, 0.717) is 19.5 Å². The molecule has 6 nitrogen and oxygen atoms in total. The van der Waals surface area contributed by atoms with E-state index in [1.165, 1.54) is 32.1 Å². The second kappa shape index (κ2) is 12.6. The number of fused-ring (bicyclic) bond motifs is 2. The molecule has 0 radical (unpaired) electrons. The smallest absolute Gasteiger partial charge is 0.220 e. The lowest BCUT2D eigenvalue weighted by Crippen LogP contribution is -2.44. The number of carbonyl (C=O) groups is 1. The Morgan fingerprint density at radius 1 is 1.05 bits per heavy atom. The minimum absolute atomic E-state index is 0.112. The molecule has 2 aromatic carbocycles. The molecule has 1 amide bonds. The minimum Gasteiger partial charge on any atom is -0.355 e. The van der Waals surface area contributed by atoms with Gasteiger partial charge in [0.15, 0.2) is 12.7 Å². The van der Waals surface area contributed by atoms with Gasteiger partial charge in [-0.25, -0.2) is 0 Å². The van der Waals surface area contributed by atoms with Crippen LogP contribution in [0.3, 0.4) is 0 Å². The first kappa shape index (κ1) is 27.2. The van der Waals surface area contributed by atoms with Crippen LogP contribution in [0.15, 0.2) is 70.7 Å². The molecule has 0 saturated carbocycles. The van der Waals surface area contributed by atoms with Crippen LogP contribution in [0.1, 0.15) is 31.2 Å². The van der Waals surface area contributed by atoms with Crippen molar-refractivity contribution in [2.45, 2.75) is 37.1 Å². The Balaban J connectivity index is 1.36. The molecule has 0 fully saturated rings. The number of nitrogens with two attached hydrogens (primary N) is 1. The molecule has 37 heavy (non-hydrogen) atoms. The zero-order valence-electron chi connectivity index (χ0n) is 22.5. The lowest BCUT2D eigenvalue weighted by Gasteiger charge is -2.29. The summed E-state index contributed by atoms with van der Waals surface area (Å²) in [6.45, 7) is 4.23. The van der Waals surface area contributed by atoms with Crippen molar-refractivity contribution >= 4 is 40.3 Å². The molecule has 196 valence electrons. The van der Waals surface area contributed by atoms with Crippen LogP contribution in [0.5, 0.6) is 0 Å². The molecule has 0 saturated heterocycles. The summed E-state index contributed by atoms with van der Waals surface area (Å²) in [7, 11) is 6.73. The predicted octanol–water partition coefficient (Wildman–Crippen LogP) is 4.38. The second-order valence-electron chi connectivity index (χ2n) is 10.4. The Kier molecular flexibility index (Phi) is 9.24. The van der Waals surface area contributed by atoms with Crippen molar-refractivity contribution in [3.05, 3.63) is 71.4 Å². The predicted molar refractivity (Wildman–Crippen MR) is 155 cm³/mol. The van der Waals surface area contributed by atoms with Gasteiger partial charge in [-0.3, -0.25) is 4.79 Å². The highest BCUT2D eigenvalue weighted by atomic mass is 32.2. The molecule has 3 aromatic rings. The molecule has 0 spiro atoms. The highest BCUT2D eigenvalue weighted by Gasteiger charge is 2.22. The number of hydrogen-bond acceptors (Lipinski definition) is 4. The molecular formula is C30H41N5OS+2. The number of aromatic nitrogens is 1. The number of benzene rings is 2. The third kappa shape index (κ3) is 7.12. The largest absolute Gasteiger partial charge is 0.355 e. The second-order valence-corrected chi connectivity index (χ2v) is 11.5. The van der Waals surface area contributed by atoms with Crippen molar-refractivity contribution in [2.24, 2.45) is 5.73 Å². The van der Waals surface area contributed by atoms with Crippen LogP contribution in [-0.4, -0.2) is 57.7 Å². The number of para-hydroxylation sites is 2. The Hall–Kier alpha value is -2.87. The van der Waals surface area contributed by atoms with E-state index in [1.807, 2.05) is 11.8 Å². The van der Waals surface area contributed by atoms with Crippen LogP contribution in [-0.2, 0) is 11.3 Å². The van der Waals surface area contributed by atoms with E-state index >= 15 is 0 Å². The molecule has 0 bridgehead atoms. The van der Waals surface area contributed by atoms with Gasteiger partial charge in [0.2, 0.25) is 11.4 Å². The maximum Gasteiger partial charge on any atom is 0.220 e. The summed E-state index contributed by atoms with van der Waals surface area (Å²) in [5.74, 6) is 0.112. The van der Waals surface area contributed by atoms with Gasteiger partial charge in [0, 0.05) is 43.6 Å². The van der Waals surface area contributed by atoms with E-state index in [2.05, 4.69) is 103 Å². The van der Waals surface area contributed by atoms with Gasteiger partial charge < -0.3 is 20.4 Å². The normalized spacial score (nSPS) is 14.4. The Bertz CT molecular complexity index is 1260. The summed E-state index contributed by atoms with van der Waals surface area (Å²) in [6.07, 6.45) is 8.22. The van der Waals surface area contributed by atoms with Crippen molar-refractivity contribution < 1.29 is 13.8 Å². The monoisotopic (exact) mass is 519 g/mol. The minimum atomic E-state index is 0.112. The average molecular weight is 520 g/mol. The van der Waals surface area contributed by atoms with E-state index in [-0.39, 0.29) is 5.91 Å². The molecule has 3 N–H and O–H groups in total. The number of rotatable bonds is 12. The third-order valence-corrected chi connectivity index (χ3v) is 8.22. The van der Waals surface area contributed by atoms with Crippen molar-refractivity contribution in [1.29, 1.82) is 0 Å². The van der Waals surface area contributed by atoms with Gasteiger partial charge in [-0.05, 0) is 42.7 Å².